The molecule has 0 bridgehead atoms. The Hall–Kier alpha value is -3.60. The predicted octanol–water partition coefficient (Wildman–Crippen LogP) is 5.35. The molecule has 0 radical (unpaired) electrons. The first-order valence-corrected chi connectivity index (χ1v) is 11.4. The van der Waals surface area contributed by atoms with E-state index in [1.165, 1.54) is 11.1 Å². The molecule has 0 aromatic heterocycles. The Morgan fingerprint density at radius 3 is 2.15 bits per heavy atom. The topological polar surface area (TPSA) is 66.8 Å². The maximum Gasteiger partial charge on any atom is 0.409 e. The standard InChI is InChI=1S/C28H27NO4/c30-26(31)28(17-20-9-2-1-3-10-20)15-8-16-29(19-28)27(32)33-18-25-23-13-6-4-11-21(23)22-12-5-7-14-24(22)25/h1-7,9-14,25H,8,15-19H2,(H,30,31)/t28-/m0/s1. The van der Waals surface area contributed by atoms with Crippen LogP contribution in [-0.2, 0) is 16.0 Å². The van der Waals surface area contributed by atoms with Gasteiger partial charge in [0.1, 0.15) is 6.61 Å². The van der Waals surface area contributed by atoms with Gasteiger partial charge in [-0.15, -0.1) is 0 Å². The first-order valence-electron chi connectivity index (χ1n) is 11.4. The number of fused-ring (bicyclic) bond motifs is 3. The van der Waals surface area contributed by atoms with Gasteiger partial charge in [-0.25, -0.2) is 4.79 Å². The van der Waals surface area contributed by atoms with E-state index in [1.54, 1.807) is 4.90 Å². The lowest BCUT2D eigenvalue weighted by molar-refractivity contribution is -0.152. The van der Waals surface area contributed by atoms with Gasteiger partial charge in [0.05, 0.1) is 5.41 Å². The summed E-state index contributed by atoms with van der Waals surface area (Å²) in [6.07, 6.45) is 1.15. The number of carboxylic acid groups (broad SMARTS) is 1. The molecule has 1 aliphatic carbocycles. The van der Waals surface area contributed by atoms with Crippen molar-refractivity contribution in [2.45, 2.75) is 25.2 Å². The summed E-state index contributed by atoms with van der Waals surface area (Å²) in [5.41, 5.74) is 4.66. The van der Waals surface area contributed by atoms with E-state index in [2.05, 4.69) is 24.3 Å². The largest absolute Gasteiger partial charge is 0.481 e. The molecule has 5 nitrogen and oxygen atoms in total. The third-order valence-electron chi connectivity index (χ3n) is 7.01. The summed E-state index contributed by atoms with van der Waals surface area (Å²) in [5, 5.41) is 10.1. The highest BCUT2D eigenvalue weighted by Crippen LogP contribution is 2.44. The molecule has 168 valence electrons. The van der Waals surface area contributed by atoms with Gasteiger partial charge >= 0.3 is 12.1 Å². The van der Waals surface area contributed by atoms with E-state index >= 15 is 0 Å². The van der Waals surface area contributed by atoms with Crippen molar-refractivity contribution >= 4 is 12.1 Å². The molecule has 0 saturated carbocycles. The van der Waals surface area contributed by atoms with Gasteiger partial charge in [0.25, 0.3) is 0 Å². The molecule has 3 aromatic rings. The van der Waals surface area contributed by atoms with Gasteiger partial charge in [-0.05, 0) is 47.1 Å². The lowest BCUT2D eigenvalue weighted by Crippen LogP contribution is -2.51. The highest BCUT2D eigenvalue weighted by Gasteiger charge is 2.44. The van der Waals surface area contributed by atoms with Crippen molar-refractivity contribution in [3.05, 3.63) is 95.6 Å². The maximum absolute atomic E-state index is 13.1. The monoisotopic (exact) mass is 441 g/mol. The fraction of sp³-hybridized carbons (Fsp3) is 0.286. The Morgan fingerprint density at radius 1 is 0.909 bits per heavy atom. The number of nitrogens with zero attached hydrogens (tertiary/aromatic N) is 1. The molecule has 1 aliphatic heterocycles. The third kappa shape index (κ3) is 3.99. The SMILES string of the molecule is O=C(OCC1c2ccccc2-c2ccccc21)N1CCC[C@@](Cc2ccccc2)(C(=O)O)C1. The van der Waals surface area contributed by atoms with Crippen LogP contribution in [0.15, 0.2) is 78.9 Å². The number of benzene rings is 3. The highest BCUT2D eigenvalue weighted by molar-refractivity contribution is 5.79. The second-order valence-electron chi connectivity index (χ2n) is 9.08. The van der Waals surface area contributed by atoms with Crippen LogP contribution < -0.4 is 0 Å². The van der Waals surface area contributed by atoms with Crippen LogP contribution in [-0.4, -0.2) is 41.8 Å². The molecule has 1 amide bonds. The van der Waals surface area contributed by atoms with Crippen LogP contribution in [0.1, 0.15) is 35.4 Å². The number of carbonyl (C=O) groups is 2. The number of likely N-dealkylation sites (tertiary alicyclic amines) is 1. The fourth-order valence-corrected chi connectivity index (χ4v) is 5.35. The van der Waals surface area contributed by atoms with Gasteiger partial charge in [0.15, 0.2) is 0 Å². The van der Waals surface area contributed by atoms with Crippen molar-refractivity contribution in [3.8, 4) is 11.1 Å². The van der Waals surface area contributed by atoms with E-state index in [0.717, 1.165) is 16.7 Å². The van der Waals surface area contributed by atoms with Gasteiger partial charge in [0.2, 0.25) is 0 Å². The van der Waals surface area contributed by atoms with Crippen LogP contribution >= 0.6 is 0 Å². The minimum atomic E-state index is -0.995. The number of carbonyl (C=O) groups excluding carboxylic acids is 1. The zero-order valence-corrected chi connectivity index (χ0v) is 18.4. The van der Waals surface area contributed by atoms with E-state index in [-0.39, 0.29) is 19.1 Å². The van der Waals surface area contributed by atoms with Crippen molar-refractivity contribution < 1.29 is 19.4 Å². The van der Waals surface area contributed by atoms with E-state index < -0.39 is 17.5 Å². The first-order chi connectivity index (χ1) is 16.1. The number of hydrogen-bond acceptors (Lipinski definition) is 3. The van der Waals surface area contributed by atoms with Crippen LogP contribution in [0.5, 0.6) is 0 Å². The molecule has 5 rings (SSSR count). The molecule has 3 aromatic carbocycles. The molecule has 2 aliphatic rings. The van der Waals surface area contributed by atoms with Crippen molar-refractivity contribution in [1.29, 1.82) is 0 Å². The zero-order chi connectivity index (χ0) is 22.8. The minimum absolute atomic E-state index is 0.0142. The first kappa shape index (κ1) is 21.3. The van der Waals surface area contributed by atoms with Gasteiger partial charge in [-0.3, -0.25) is 4.79 Å². The van der Waals surface area contributed by atoms with Crippen molar-refractivity contribution in [2.75, 3.05) is 19.7 Å². The van der Waals surface area contributed by atoms with Crippen LogP contribution in [0, 0.1) is 5.41 Å². The average molecular weight is 442 g/mol. The van der Waals surface area contributed by atoms with Crippen LogP contribution in [0.25, 0.3) is 11.1 Å². The van der Waals surface area contributed by atoms with Crippen molar-refractivity contribution in [1.82, 2.24) is 4.90 Å². The van der Waals surface area contributed by atoms with Crippen molar-refractivity contribution in [3.63, 3.8) is 0 Å². The molecule has 0 spiro atoms. The molecule has 1 heterocycles. The maximum atomic E-state index is 13.1. The Kier molecular flexibility index (Phi) is 5.63. The van der Waals surface area contributed by atoms with Crippen LogP contribution in [0.3, 0.4) is 0 Å². The van der Waals surface area contributed by atoms with Crippen LogP contribution in [0.2, 0.25) is 0 Å². The smallest absolute Gasteiger partial charge is 0.409 e. The van der Waals surface area contributed by atoms with Gasteiger partial charge in [-0.1, -0.05) is 78.9 Å². The van der Waals surface area contributed by atoms with E-state index in [9.17, 15) is 14.7 Å². The molecule has 1 fully saturated rings. The number of ether oxygens (including phenoxy) is 1. The Labute approximate surface area is 193 Å². The number of hydrogen-bond donors (Lipinski definition) is 1. The van der Waals surface area contributed by atoms with Crippen LogP contribution in [0.4, 0.5) is 4.79 Å². The Morgan fingerprint density at radius 2 is 1.52 bits per heavy atom. The summed E-state index contributed by atoms with van der Waals surface area (Å²) < 4.78 is 5.80. The molecule has 1 saturated heterocycles. The Bertz CT molecular complexity index is 1130. The summed E-state index contributed by atoms with van der Waals surface area (Å²) >= 11 is 0. The third-order valence-corrected chi connectivity index (χ3v) is 7.01. The lowest BCUT2D eigenvalue weighted by Gasteiger charge is -2.39. The molecule has 5 heteroatoms. The summed E-state index contributed by atoms with van der Waals surface area (Å²) in [6.45, 7) is 0.913. The number of carboxylic acids is 1. The zero-order valence-electron chi connectivity index (χ0n) is 18.4. The number of rotatable bonds is 5. The quantitative estimate of drug-likeness (QED) is 0.580. The Balaban J connectivity index is 1.31. The normalized spacial score (nSPS) is 19.6. The predicted molar refractivity (Wildman–Crippen MR) is 126 cm³/mol. The summed E-state index contributed by atoms with van der Waals surface area (Å²) in [6, 6.07) is 26.1. The highest BCUT2D eigenvalue weighted by atomic mass is 16.6. The van der Waals surface area contributed by atoms with Gasteiger partial charge in [0, 0.05) is 19.0 Å². The molecule has 0 unspecified atom stereocenters. The van der Waals surface area contributed by atoms with Gasteiger partial charge < -0.3 is 14.7 Å². The van der Waals surface area contributed by atoms with Gasteiger partial charge in [-0.2, -0.15) is 0 Å². The fourth-order valence-electron chi connectivity index (χ4n) is 5.35. The second kappa shape index (κ2) is 8.74. The molecule has 1 N–H and O–H groups in total. The van der Waals surface area contributed by atoms with E-state index in [1.807, 2.05) is 54.6 Å². The summed E-state index contributed by atoms with van der Waals surface area (Å²) in [5.74, 6) is -0.873. The molecule has 33 heavy (non-hydrogen) atoms. The summed E-state index contributed by atoms with van der Waals surface area (Å²) in [7, 11) is 0. The molecular weight excluding hydrogens is 414 g/mol. The van der Waals surface area contributed by atoms with Crippen molar-refractivity contribution in [2.24, 2.45) is 5.41 Å². The van der Waals surface area contributed by atoms with E-state index in [0.29, 0.717) is 25.8 Å². The molecule has 1 atom stereocenters. The number of amides is 1. The minimum Gasteiger partial charge on any atom is -0.481 e. The number of piperidine rings is 1. The lowest BCUT2D eigenvalue weighted by atomic mass is 9.75. The van der Waals surface area contributed by atoms with E-state index in [4.69, 9.17) is 4.74 Å². The average Bonchev–Trinajstić information content (AvgIpc) is 3.17. The second-order valence-corrected chi connectivity index (χ2v) is 9.08. The molecular formula is C28H27NO4. The number of aliphatic carboxylic acids is 1. The summed E-state index contributed by atoms with van der Waals surface area (Å²) in [4.78, 5) is 26.9.